The summed E-state index contributed by atoms with van der Waals surface area (Å²) in [5.41, 5.74) is 1.27. The number of halogens is 2. The van der Waals surface area contributed by atoms with Crippen molar-refractivity contribution in [3.8, 4) is 16.9 Å². The van der Waals surface area contributed by atoms with Crippen molar-refractivity contribution in [2.75, 3.05) is 25.6 Å². The van der Waals surface area contributed by atoms with Crippen LogP contribution in [0.4, 0.5) is 14.3 Å². The van der Waals surface area contributed by atoms with E-state index in [0.29, 0.717) is 32.5 Å². The van der Waals surface area contributed by atoms with Gasteiger partial charge in [-0.2, -0.15) is 0 Å². The lowest BCUT2D eigenvalue weighted by atomic mass is 9.99. The lowest BCUT2D eigenvalue weighted by Crippen LogP contribution is -2.34. The molecule has 0 saturated heterocycles. The van der Waals surface area contributed by atoms with Gasteiger partial charge in [-0.05, 0) is 36.2 Å². The van der Waals surface area contributed by atoms with Crippen LogP contribution in [0.5, 0.6) is 5.75 Å². The molecule has 2 aromatic carbocycles. The number of urea groups is 1. The third-order valence-electron chi connectivity index (χ3n) is 4.24. The van der Waals surface area contributed by atoms with E-state index in [-0.39, 0.29) is 24.7 Å². The number of carbonyl (C=O) groups excluding carboxylic acids is 2. The second-order valence-corrected chi connectivity index (χ2v) is 7.92. The molecule has 1 heterocycles. The highest BCUT2D eigenvalue weighted by Gasteiger charge is 2.18. The van der Waals surface area contributed by atoms with Gasteiger partial charge in [0.1, 0.15) is 23.1 Å². The van der Waals surface area contributed by atoms with Crippen LogP contribution in [0.1, 0.15) is 17.5 Å². The number of amides is 2. The van der Waals surface area contributed by atoms with Crippen LogP contribution < -0.4 is 15.4 Å². The van der Waals surface area contributed by atoms with Gasteiger partial charge in [0, 0.05) is 11.4 Å². The second kappa shape index (κ2) is 10.9. The first-order valence-electron chi connectivity index (χ1n) is 9.55. The number of methoxy groups -OCH3 is 1. The quantitative estimate of drug-likeness (QED) is 0.468. The number of aromatic nitrogens is 2. The SMILES string of the molecule is CCOC(=O)CNC(=O)Nc1nnc(Cc2ccc(OC)c(-c3cccc(Cl)c3)c2F)s1. The standard InChI is InChI=1S/C21H20ClFN4O4S/c1-3-31-17(28)11-24-20(29)25-21-27-26-16(32-21)10-13-7-8-15(30-2)18(19(13)23)12-5-4-6-14(22)9-12/h4-9H,3,10-11H2,1-2H3,(H2,24,25,27,29). The summed E-state index contributed by atoms with van der Waals surface area (Å²) in [5.74, 6) is -0.624. The molecule has 1 aromatic heterocycles. The molecule has 168 valence electrons. The zero-order valence-electron chi connectivity index (χ0n) is 17.3. The lowest BCUT2D eigenvalue weighted by molar-refractivity contribution is -0.141. The Morgan fingerprint density at radius 2 is 2.03 bits per heavy atom. The van der Waals surface area contributed by atoms with Crippen molar-refractivity contribution in [3.63, 3.8) is 0 Å². The van der Waals surface area contributed by atoms with E-state index >= 15 is 4.39 Å². The molecule has 0 aliphatic carbocycles. The first-order valence-corrected chi connectivity index (χ1v) is 10.7. The van der Waals surface area contributed by atoms with Crippen LogP contribution >= 0.6 is 22.9 Å². The Morgan fingerprint density at radius 3 is 2.75 bits per heavy atom. The zero-order chi connectivity index (χ0) is 23.1. The molecule has 0 saturated carbocycles. The van der Waals surface area contributed by atoms with Crippen molar-refractivity contribution in [2.24, 2.45) is 0 Å². The minimum absolute atomic E-state index is 0.160. The molecule has 2 amide bonds. The highest BCUT2D eigenvalue weighted by Crippen LogP contribution is 2.36. The fourth-order valence-corrected chi connectivity index (χ4v) is 3.81. The number of ether oxygens (including phenoxy) is 2. The van der Waals surface area contributed by atoms with E-state index in [0.717, 1.165) is 11.3 Å². The largest absolute Gasteiger partial charge is 0.496 e. The molecule has 0 radical (unpaired) electrons. The summed E-state index contributed by atoms with van der Waals surface area (Å²) in [6, 6.07) is 9.52. The van der Waals surface area contributed by atoms with Gasteiger partial charge in [-0.25, -0.2) is 9.18 Å². The van der Waals surface area contributed by atoms with Crippen molar-refractivity contribution < 1.29 is 23.5 Å². The van der Waals surface area contributed by atoms with Gasteiger partial charge in [0.05, 0.1) is 19.3 Å². The lowest BCUT2D eigenvalue weighted by Gasteiger charge is -2.13. The Labute approximate surface area is 192 Å². The van der Waals surface area contributed by atoms with Gasteiger partial charge in [-0.3, -0.25) is 10.1 Å². The van der Waals surface area contributed by atoms with Gasteiger partial charge in [-0.1, -0.05) is 41.1 Å². The summed E-state index contributed by atoms with van der Waals surface area (Å²) in [6.07, 6.45) is 0.160. The number of anilines is 1. The van der Waals surface area contributed by atoms with Crippen molar-refractivity contribution in [2.45, 2.75) is 13.3 Å². The fourth-order valence-electron chi connectivity index (χ4n) is 2.87. The Balaban J connectivity index is 1.73. The molecule has 0 spiro atoms. The maximum atomic E-state index is 15.4. The minimum Gasteiger partial charge on any atom is -0.496 e. The van der Waals surface area contributed by atoms with Gasteiger partial charge in [0.25, 0.3) is 0 Å². The number of hydrogen-bond acceptors (Lipinski definition) is 7. The number of nitrogens with zero attached hydrogens (tertiary/aromatic N) is 2. The Kier molecular flexibility index (Phi) is 7.96. The molecule has 3 aromatic rings. The molecule has 3 rings (SSSR count). The van der Waals surface area contributed by atoms with Crippen molar-refractivity contribution in [1.29, 1.82) is 0 Å². The van der Waals surface area contributed by atoms with Crippen molar-refractivity contribution >= 4 is 40.1 Å². The molecule has 8 nitrogen and oxygen atoms in total. The molecule has 32 heavy (non-hydrogen) atoms. The van der Waals surface area contributed by atoms with E-state index in [1.54, 1.807) is 43.3 Å². The Hall–Kier alpha value is -3.24. The first kappa shape index (κ1) is 23.4. The number of rotatable bonds is 8. The monoisotopic (exact) mass is 478 g/mol. The van der Waals surface area contributed by atoms with Crippen LogP contribution in [-0.4, -0.2) is 42.5 Å². The maximum absolute atomic E-state index is 15.4. The second-order valence-electron chi connectivity index (χ2n) is 6.42. The van der Waals surface area contributed by atoms with Crippen LogP contribution in [0.25, 0.3) is 11.1 Å². The number of carbonyl (C=O) groups is 2. The van der Waals surface area contributed by atoms with Crippen molar-refractivity contribution in [3.05, 3.63) is 57.8 Å². The van der Waals surface area contributed by atoms with Gasteiger partial charge in [-0.15, -0.1) is 10.2 Å². The summed E-state index contributed by atoms with van der Waals surface area (Å²) >= 11 is 7.16. The van der Waals surface area contributed by atoms with E-state index in [1.807, 2.05) is 0 Å². The molecule has 0 aliphatic rings. The molecule has 0 aliphatic heterocycles. The van der Waals surface area contributed by atoms with Crippen LogP contribution in [0.15, 0.2) is 36.4 Å². The smallest absolute Gasteiger partial charge is 0.325 e. The van der Waals surface area contributed by atoms with Crippen LogP contribution in [0, 0.1) is 5.82 Å². The van der Waals surface area contributed by atoms with E-state index in [2.05, 4.69) is 20.8 Å². The van der Waals surface area contributed by atoms with Crippen LogP contribution in [0.3, 0.4) is 0 Å². The number of esters is 1. The van der Waals surface area contributed by atoms with Crippen molar-refractivity contribution in [1.82, 2.24) is 15.5 Å². The predicted molar refractivity (Wildman–Crippen MR) is 120 cm³/mol. The summed E-state index contributed by atoms with van der Waals surface area (Å²) in [6.45, 7) is 1.63. The maximum Gasteiger partial charge on any atom is 0.325 e. The third-order valence-corrected chi connectivity index (χ3v) is 5.32. The van der Waals surface area contributed by atoms with E-state index in [4.69, 9.17) is 21.1 Å². The molecule has 0 unspecified atom stereocenters. The average Bonchev–Trinajstić information content (AvgIpc) is 3.20. The van der Waals surface area contributed by atoms with Gasteiger partial charge >= 0.3 is 12.0 Å². The summed E-state index contributed by atoms with van der Waals surface area (Å²) in [7, 11) is 1.47. The summed E-state index contributed by atoms with van der Waals surface area (Å²) in [5, 5.41) is 13.9. The number of benzene rings is 2. The first-order chi connectivity index (χ1) is 15.4. The number of hydrogen-bond donors (Lipinski definition) is 2. The van der Waals surface area contributed by atoms with Gasteiger partial charge < -0.3 is 14.8 Å². The molecule has 2 N–H and O–H groups in total. The van der Waals surface area contributed by atoms with Crippen LogP contribution in [0.2, 0.25) is 5.02 Å². The molecule has 11 heteroatoms. The highest BCUT2D eigenvalue weighted by atomic mass is 35.5. The predicted octanol–water partition coefficient (Wildman–Crippen LogP) is 4.28. The molecular formula is C21H20ClFN4O4S. The highest BCUT2D eigenvalue weighted by molar-refractivity contribution is 7.15. The average molecular weight is 479 g/mol. The normalized spacial score (nSPS) is 10.5. The van der Waals surface area contributed by atoms with Gasteiger partial charge in [0.2, 0.25) is 5.13 Å². The zero-order valence-corrected chi connectivity index (χ0v) is 18.8. The van der Waals surface area contributed by atoms with E-state index in [1.165, 1.54) is 7.11 Å². The topological polar surface area (TPSA) is 102 Å². The van der Waals surface area contributed by atoms with Crippen LogP contribution in [-0.2, 0) is 16.0 Å². The molecule has 0 fully saturated rings. The van der Waals surface area contributed by atoms with E-state index in [9.17, 15) is 9.59 Å². The van der Waals surface area contributed by atoms with Gasteiger partial charge in [0.15, 0.2) is 0 Å². The third kappa shape index (κ3) is 5.92. The summed E-state index contributed by atoms with van der Waals surface area (Å²) < 4.78 is 25.5. The Morgan fingerprint density at radius 1 is 1.22 bits per heavy atom. The molecular weight excluding hydrogens is 459 g/mol. The Bertz CT molecular complexity index is 1120. The molecule has 0 bridgehead atoms. The molecule has 0 atom stereocenters. The minimum atomic E-state index is -0.625. The number of nitrogens with one attached hydrogen (secondary N) is 2. The van der Waals surface area contributed by atoms with E-state index < -0.39 is 17.8 Å². The fraction of sp³-hybridized carbons (Fsp3) is 0.238. The summed E-state index contributed by atoms with van der Waals surface area (Å²) in [4.78, 5) is 23.2.